The number of anilines is 2. The lowest BCUT2D eigenvalue weighted by atomic mass is 10.1. The van der Waals surface area contributed by atoms with Crippen molar-refractivity contribution in [1.29, 1.82) is 0 Å². The molecule has 1 N–H and O–H groups in total. The Labute approximate surface area is 184 Å². The van der Waals surface area contributed by atoms with Crippen LogP contribution in [0.4, 0.5) is 11.4 Å². The molecule has 2 heterocycles. The Morgan fingerprint density at radius 2 is 1.90 bits per heavy atom. The molecule has 0 saturated heterocycles. The van der Waals surface area contributed by atoms with Gasteiger partial charge in [0.05, 0.1) is 22.2 Å². The summed E-state index contributed by atoms with van der Waals surface area (Å²) >= 11 is 1.61. The van der Waals surface area contributed by atoms with Gasteiger partial charge in [-0.25, -0.2) is 13.4 Å². The molecule has 0 unspecified atom stereocenters. The largest absolute Gasteiger partial charge is 0.322 e. The smallest absolute Gasteiger partial charge is 0.255 e. The van der Waals surface area contributed by atoms with E-state index in [0.29, 0.717) is 29.9 Å². The van der Waals surface area contributed by atoms with Crippen molar-refractivity contribution in [3.8, 4) is 10.6 Å². The van der Waals surface area contributed by atoms with E-state index in [1.54, 1.807) is 29.5 Å². The van der Waals surface area contributed by atoms with E-state index in [9.17, 15) is 13.2 Å². The van der Waals surface area contributed by atoms with Gasteiger partial charge in [-0.05, 0) is 54.4 Å². The number of fused-ring (bicyclic) bond motifs is 2. The van der Waals surface area contributed by atoms with Crippen molar-refractivity contribution < 1.29 is 13.2 Å². The Kier molecular flexibility index (Phi) is 4.75. The third-order valence-electron chi connectivity index (χ3n) is 5.26. The van der Waals surface area contributed by atoms with Crippen molar-refractivity contribution in [2.45, 2.75) is 6.42 Å². The lowest BCUT2D eigenvalue weighted by Gasteiger charge is -2.16. The summed E-state index contributed by atoms with van der Waals surface area (Å²) in [7, 11) is -3.31. The van der Waals surface area contributed by atoms with Gasteiger partial charge in [0.2, 0.25) is 10.0 Å². The molecule has 0 fully saturated rings. The molecule has 0 atom stereocenters. The maximum Gasteiger partial charge on any atom is 0.255 e. The van der Waals surface area contributed by atoms with E-state index in [0.717, 1.165) is 26.4 Å². The molecule has 1 aromatic heterocycles. The van der Waals surface area contributed by atoms with Gasteiger partial charge in [0.15, 0.2) is 0 Å². The van der Waals surface area contributed by atoms with Crippen molar-refractivity contribution in [3.63, 3.8) is 0 Å². The first-order valence-corrected chi connectivity index (χ1v) is 12.4. The average molecular weight is 450 g/mol. The van der Waals surface area contributed by atoms with Gasteiger partial charge < -0.3 is 5.32 Å². The number of carbonyl (C=O) groups is 1. The van der Waals surface area contributed by atoms with Gasteiger partial charge >= 0.3 is 0 Å². The van der Waals surface area contributed by atoms with E-state index in [2.05, 4.69) is 10.3 Å². The van der Waals surface area contributed by atoms with Gasteiger partial charge in [0, 0.05) is 23.4 Å². The molecular formula is C23H19N3O3S2. The zero-order valence-electron chi connectivity index (χ0n) is 16.7. The zero-order chi connectivity index (χ0) is 21.6. The highest BCUT2D eigenvalue weighted by Crippen LogP contribution is 2.32. The van der Waals surface area contributed by atoms with Crippen molar-refractivity contribution in [2.24, 2.45) is 0 Å². The summed E-state index contributed by atoms with van der Waals surface area (Å²) in [6, 6.07) is 20.7. The van der Waals surface area contributed by atoms with E-state index in [4.69, 9.17) is 0 Å². The topological polar surface area (TPSA) is 79.4 Å². The Hall–Kier alpha value is -3.23. The number of para-hydroxylation sites is 1. The lowest BCUT2D eigenvalue weighted by molar-refractivity contribution is 0.102. The number of aromatic nitrogens is 1. The standard InChI is InChI=1S/C23H19N3O3S2/c1-31(28,29)26-12-11-15-13-16(9-10-20(15)26)22(27)24-18-6-4-5-17(14-18)23-25-19-7-2-3-8-21(19)30-23/h2-10,13-14H,11-12H2,1H3,(H,24,27). The minimum absolute atomic E-state index is 0.234. The first-order valence-electron chi connectivity index (χ1n) is 9.76. The van der Waals surface area contributed by atoms with Crippen LogP contribution in [0.1, 0.15) is 15.9 Å². The fourth-order valence-corrected chi connectivity index (χ4v) is 5.71. The zero-order valence-corrected chi connectivity index (χ0v) is 18.3. The summed E-state index contributed by atoms with van der Waals surface area (Å²) in [6.45, 7) is 0.406. The third kappa shape index (κ3) is 3.80. The number of hydrogen-bond donors (Lipinski definition) is 1. The minimum Gasteiger partial charge on any atom is -0.322 e. The molecule has 4 aromatic rings. The van der Waals surface area contributed by atoms with Crippen LogP contribution in [0.2, 0.25) is 0 Å². The number of rotatable bonds is 4. The normalized spacial score (nSPS) is 13.4. The van der Waals surface area contributed by atoms with Crippen LogP contribution in [0.5, 0.6) is 0 Å². The van der Waals surface area contributed by atoms with Gasteiger partial charge in [0.1, 0.15) is 5.01 Å². The molecule has 8 heteroatoms. The maximum absolute atomic E-state index is 12.8. The summed E-state index contributed by atoms with van der Waals surface area (Å²) in [5.74, 6) is -0.234. The molecule has 156 valence electrons. The van der Waals surface area contributed by atoms with Crippen molar-refractivity contribution in [3.05, 3.63) is 77.9 Å². The molecule has 0 radical (unpaired) electrons. The van der Waals surface area contributed by atoms with Gasteiger partial charge in [-0.1, -0.05) is 24.3 Å². The van der Waals surface area contributed by atoms with E-state index in [-0.39, 0.29) is 5.91 Å². The van der Waals surface area contributed by atoms with Crippen LogP contribution in [0.25, 0.3) is 20.8 Å². The predicted molar refractivity (Wildman–Crippen MR) is 125 cm³/mol. The number of nitrogens with one attached hydrogen (secondary N) is 1. The quantitative estimate of drug-likeness (QED) is 0.496. The first kappa shape index (κ1) is 19.7. The van der Waals surface area contributed by atoms with Crippen LogP contribution in [0, 0.1) is 0 Å². The van der Waals surface area contributed by atoms with Crippen LogP contribution in [0.3, 0.4) is 0 Å². The predicted octanol–water partition coefficient (Wildman–Crippen LogP) is 4.54. The van der Waals surface area contributed by atoms with Crippen LogP contribution < -0.4 is 9.62 Å². The Bertz CT molecular complexity index is 1390. The molecule has 0 spiro atoms. The number of carbonyl (C=O) groups excluding carboxylic acids is 1. The fraction of sp³-hybridized carbons (Fsp3) is 0.130. The van der Waals surface area contributed by atoms with Gasteiger partial charge in [-0.15, -0.1) is 11.3 Å². The molecule has 31 heavy (non-hydrogen) atoms. The Balaban J connectivity index is 1.38. The lowest BCUT2D eigenvalue weighted by Crippen LogP contribution is -2.27. The van der Waals surface area contributed by atoms with Crippen LogP contribution in [0.15, 0.2) is 66.7 Å². The summed E-state index contributed by atoms with van der Waals surface area (Å²) in [5.41, 5.74) is 4.59. The minimum atomic E-state index is -3.31. The number of benzene rings is 3. The highest BCUT2D eigenvalue weighted by atomic mass is 32.2. The molecular weight excluding hydrogens is 430 g/mol. The summed E-state index contributed by atoms with van der Waals surface area (Å²) in [6.07, 6.45) is 1.79. The second-order valence-electron chi connectivity index (χ2n) is 7.45. The number of amides is 1. The van der Waals surface area contributed by atoms with E-state index >= 15 is 0 Å². The molecule has 5 rings (SSSR count). The number of hydrogen-bond acceptors (Lipinski definition) is 5. The number of nitrogens with zero attached hydrogens (tertiary/aromatic N) is 2. The number of sulfonamides is 1. The third-order valence-corrected chi connectivity index (χ3v) is 7.52. The number of thiazole rings is 1. The molecule has 1 aliphatic heterocycles. The fourth-order valence-electron chi connectivity index (χ4n) is 3.79. The van der Waals surface area contributed by atoms with E-state index in [1.165, 1.54) is 10.6 Å². The molecule has 6 nitrogen and oxygen atoms in total. The average Bonchev–Trinajstić information content (AvgIpc) is 3.37. The maximum atomic E-state index is 12.8. The van der Waals surface area contributed by atoms with Crippen LogP contribution in [-0.2, 0) is 16.4 Å². The summed E-state index contributed by atoms with van der Waals surface area (Å²) in [4.78, 5) is 17.5. The first-order chi connectivity index (χ1) is 14.9. The highest BCUT2D eigenvalue weighted by molar-refractivity contribution is 7.92. The summed E-state index contributed by atoms with van der Waals surface area (Å²) in [5, 5.41) is 3.84. The Morgan fingerprint density at radius 1 is 1.06 bits per heavy atom. The van der Waals surface area contributed by atoms with Crippen molar-refractivity contribution >= 4 is 48.9 Å². The molecule has 0 saturated carbocycles. The molecule has 0 aliphatic carbocycles. The molecule has 0 bridgehead atoms. The Morgan fingerprint density at radius 3 is 2.71 bits per heavy atom. The van der Waals surface area contributed by atoms with Crippen LogP contribution >= 0.6 is 11.3 Å². The molecule has 3 aromatic carbocycles. The molecule has 1 aliphatic rings. The second-order valence-corrected chi connectivity index (χ2v) is 10.4. The highest BCUT2D eigenvalue weighted by Gasteiger charge is 2.26. The van der Waals surface area contributed by atoms with Gasteiger partial charge in [-0.3, -0.25) is 9.10 Å². The molecule has 1 amide bonds. The SMILES string of the molecule is CS(=O)(=O)N1CCc2cc(C(=O)Nc3cccc(-c4nc5ccccc5s4)c3)ccc21. The van der Waals surface area contributed by atoms with Gasteiger partial charge in [-0.2, -0.15) is 0 Å². The van der Waals surface area contributed by atoms with E-state index < -0.39 is 10.0 Å². The van der Waals surface area contributed by atoms with E-state index in [1.807, 2.05) is 48.5 Å². The van der Waals surface area contributed by atoms with Crippen molar-refractivity contribution in [1.82, 2.24) is 4.98 Å². The summed E-state index contributed by atoms with van der Waals surface area (Å²) < 4.78 is 26.3. The van der Waals surface area contributed by atoms with Crippen LogP contribution in [-0.4, -0.2) is 32.1 Å². The van der Waals surface area contributed by atoms with Gasteiger partial charge in [0.25, 0.3) is 5.91 Å². The second kappa shape index (κ2) is 7.47. The monoisotopic (exact) mass is 449 g/mol. The van der Waals surface area contributed by atoms with Crippen molar-refractivity contribution in [2.75, 3.05) is 22.4 Å².